The van der Waals surface area contributed by atoms with Gasteiger partial charge in [-0.25, -0.2) is 4.79 Å². The van der Waals surface area contributed by atoms with Crippen LogP contribution in [0.1, 0.15) is 11.1 Å². The van der Waals surface area contributed by atoms with E-state index in [4.69, 9.17) is 0 Å². The number of amides is 2. The van der Waals surface area contributed by atoms with Crippen LogP contribution in [0.4, 0.5) is 10.5 Å². The second kappa shape index (κ2) is 6.67. The summed E-state index contributed by atoms with van der Waals surface area (Å²) in [6, 6.07) is 11.2. The Kier molecular flexibility index (Phi) is 4.25. The first-order valence-electron chi connectivity index (χ1n) is 7.05. The zero-order chi connectivity index (χ0) is 15.2. The lowest BCUT2D eigenvalue weighted by Crippen LogP contribution is -2.28. The summed E-state index contributed by atoms with van der Waals surface area (Å²) >= 11 is 0. The molecule has 2 heterocycles. The first kappa shape index (κ1) is 14.0. The molecular weight excluding hydrogens is 276 g/mol. The zero-order valence-electron chi connectivity index (χ0n) is 12.0. The van der Waals surface area contributed by atoms with E-state index in [0.717, 1.165) is 28.9 Å². The number of pyridine rings is 1. The Hall–Kier alpha value is -2.95. The lowest BCUT2D eigenvalue weighted by Gasteiger charge is -2.08. The fourth-order valence-corrected chi connectivity index (χ4v) is 2.15. The highest BCUT2D eigenvalue weighted by atomic mass is 16.2. The maximum atomic E-state index is 11.9. The van der Waals surface area contributed by atoms with Gasteiger partial charge >= 0.3 is 6.03 Å². The van der Waals surface area contributed by atoms with Crippen molar-refractivity contribution in [1.82, 2.24) is 10.3 Å². The Balaban J connectivity index is 1.54. The van der Waals surface area contributed by atoms with Crippen molar-refractivity contribution in [2.75, 3.05) is 11.9 Å². The lowest BCUT2D eigenvalue weighted by atomic mass is 10.1. The second-order valence-corrected chi connectivity index (χ2v) is 4.90. The van der Waals surface area contributed by atoms with Gasteiger partial charge < -0.3 is 10.6 Å². The van der Waals surface area contributed by atoms with Gasteiger partial charge in [-0.3, -0.25) is 9.98 Å². The largest absolute Gasteiger partial charge is 0.334 e. The lowest BCUT2D eigenvalue weighted by molar-refractivity contribution is 0.251. The fraction of sp³-hybridized carbons (Fsp3) is 0.118. The number of benzene rings is 1. The van der Waals surface area contributed by atoms with Crippen LogP contribution >= 0.6 is 0 Å². The maximum absolute atomic E-state index is 11.9. The van der Waals surface area contributed by atoms with E-state index >= 15 is 0 Å². The number of urea groups is 1. The minimum atomic E-state index is -0.238. The van der Waals surface area contributed by atoms with Crippen molar-refractivity contribution in [3.8, 4) is 0 Å². The van der Waals surface area contributed by atoms with Crippen molar-refractivity contribution in [1.29, 1.82) is 0 Å². The number of anilines is 1. The molecule has 2 N–H and O–H groups in total. The molecule has 110 valence electrons. The number of aromatic nitrogens is 1. The Morgan fingerprint density at radius 1 is 1.18 bits per heavy atom. The molecule has 3 rings (SSSR count). The summed E-state index contributed by atoms with van der Waals surface area (Å²) in [7, 11) is 0. The van der Waals surface area contributed by atoms with Crippen LogP contribution in [0, 0.1) is 0 Å². The number of nitrogens with zero attached hydrogens (tertiary/aromatic N) is 2. The number of allylic oxidation sites excluding steroid dienone is 1. The summed E-state index contributed by atoms with van der Waals surface area (Å²) in [6.45, 7) is 1.19. The third-order valence-electron chi connectivity index (χ3n) is 3.30. The third-order valence-corrected chi connectivity index (χ3v) is 3.30. The second-order valence-electron chi connectivity index (χ2n) is 4.90. The van der Waals surface area contributed by atoms with E-state index in [-0.39, 0.29) is 6.03 Å². The summed E-state index contributed by atoms with van der Waals surface area (Å²) in [6.07, 6.45) is 7.37. The number of rotatable bonds is 4. The quantitative estimate of drug-likeness (QED) is 0.910. The van der Waals surface area contributed by atoms with Gasteiger partial charge in [0, 0.05) is 30.8 Å². The van der Waals surface area contributed by atoms with Crippen LogP contribution in [0.15, 0.2) is 59.9 Å². The van der Waals surface area contributed by atoms with Gasteiger partial charge in [0.25, 0.3) is 0 Å². The molecular formula is C17H16N4O. The molecule has 0 fully saturated rings. The number of aliphatic imine (C=N–C) groups is 1. The standard InChI is InChI=1S/C17H16N4O/c22-17(20-11-13-2-1-8-18-10-13)21-16-5-3-14(4-6-16)15-7-9-19-12-15/h1-8,10,12H,9,11H2,(H2,20,21,22). The summed E-state index contributed by atoms with van der Waals surface area (Å²) < 4.78 is 0. The molecule has 0 spiro atoms. The van der Waals surface area contributed by atoms with Gasteiger partial charge in [-0.2, -0.15) is 0 Å². The van der Waals surface area contributed by atoms with Gasteiger partial charge in [0.05, 0.1) is 6.54 Å². The number of carbonyl (C=O) groups is 1. The average molecular weight is 292 g/mol. The van der Waals surface area contributed by atoms with Gasteiger partial charge in [0.2, 0.25) is 0 Å². The van der Waals surface area contributed by atoms with Crippen LogP contribution < -0.4 is 10.6 Å². The Morgan fingerprint density at radius 3 is 2.73 bits per heavy atom. The Labute approximate surface area is 128 Å². The summed E-state index contributed by atoms with van der Waals surface area (Å²) in [5.74, 6) is 0. The van der Waals surface area contributed by atoms with Crippen molar-refractivity contribution in [2.24, 2.45) is 4.99 Å². The molecule has 0 aliphatic carbocycles. The van der Waals surface area contributed by atoms with Crippen molar-refractivity contribution < 1.29 is 4.79 Å². The Bertz CT molecular complexity index is 705. The van der Waals surface area contributed by atoms with Gasteiger partial charge in [-0.15, -0.1) is 0 Å². The van der Waals surface area contributed by atoms with Crippen molar-refractivity contribution >= 4 is 23.5 Å². The molecule has 0 saturated carbocycles. The van der Waals surface area contributed by atoms with E-state index < -0.39 is 0 Å². The van der Waals surface area contributed by atoms with Crippen LogP contribution in [-0.2, 0) is 6.54 Å². The first-order valence-corrected chi connectivity index (χ1v) is 7.05. The molecule has 0 atom stereocenters. The molecule has 0 bridgehead atoms. The highest BCUT2D eigenvalue weighted by Gasteiger charge is 2.04. The fourth-order valence-electron chi connectivity index (χ4n) is 2.15. The highest BCUT2D eigenvalue weighted by molar-refractivity contribution is 6.11. The summed E-state index contributed by atoms with van der Waals surface area (Å²) in [4.78, 5) is 20.0. The number of hydrogen-bond donors (Lipinski definition) is 2. The normalized spacial score (nSPS) is 12.8. The van der Waals surface area contributed by atoms with Gasteiger partial charge in [0.15, 0.2) is 0 Å². The molecule has 22 heavy (non-hydrogen) atoms. The van der Waals surface area contributed by atoms with E-state index in [1.807, 2.05) is 42.6 Å². The third kappa shape index (κ3) is 3.58. The highest BCUT2D eigenvalue weighted by Crippen LogP contribution is 2.18. The number of hydrogen-bond acceptors (Lipinski definition) is 3. The van der Waals surface area contributed by atoms with Crippen LogP contribution in [0.2, 0.25) is 0 Å². The summed E-state index contributed by atoms with van der Waals surface area (Å²) in [5, 5.41) is 5.60. The predicted molar refractivity (Wildman–Crippen MR) is 87.9 cm³/mol. The minimum absolute atomic E-state index is 0.238. The first-order chi connectivity index (χ1) is 10.8. The van der Waals surface area contributed by atoms with E-state index in [1.54, 1.807) is 12.4 Å². The molecule has 0 saturated heterocycles. The van der Waals surface area contributed by atoms with E-state index in [9.17, 15) is 4.79 Å². The molecule has 1 aromatic heterocycles. The molecule has 1 aromatic carbocycles. The molecule has 0 radical (unpaired) electrons. The summed E-state index contributed by atoms with van der Waals surface area (Å²) in [5.41, 5.74) is 3.93. The number of carbonyl (C=O) groups excluding carboxylic acids is 1. The average Bonchev–Trinajstić information content (AvgIpc) is 3.09. The SMILES string of the molecule is O=C(NCc1cccnc1)Nc1ccc(C2=CCN=C2)cc1. The maximum Gasteiger partial charge on any atom is 0.319 e. The topological polar surface area (TPSA) is 66.4 Å². The van der Waals surface area contributed by atoms with Crippen molar-refractivity contribution in [2.45, 2.75) is 6.54 Å². The van der Waals surface area contributed by atoms with Gasteiger partial charge in [-0.1, -0.05) is 24.3 Å². The van der Waals surface area contributed by atoms with E-state index in [2.05, 4.69) is 26.7 Å². The van der Waals surface area contributed by atoms with Crippen LogP contribution in [-0.4, -0.2) is 23.8 Å². The molecule has 2 amide bonds. The molecule has 0 unspecified atom stereocenters. The van der Waals surface area contributed by atoms with Crippen LogP contribution in [0.25, 0.3) is 5.57 Å². The molecule has 1 aliphatic rings. The zero-order valence-corrected chi connectivity index (χ0v) is 12.0. The van der Waals surface area contributed by atoms with Gasteiger partial charge in [0.1, 0.15) is 0 Å². The molecule has 1 aliphatic heterocycles. The van der Waals surface area contributed by atoms with E-state index in [1.165, 1.54) is 0 Å². The van der Waals surface area contributed by atoms with Crippen molar-refractivity contribution in [3.05, 3.63) is 66.0 Å². The molecule has 5 nitrogen and oxygen atoms in total. The monoisotopic (exact) mass is 292 g/mol. The van der Waals surface area contributed by atoms with Crippen molar-refractivity contribution in [3.63, 3.8) is 0 Å². The van der Waals surface area contributed by atoms with Gasteiger partial charge in [-0.05, 0) is 34.9 Å². The molecule has 5 heteroatoms. The minimum Gasteiger partial charge on any atom is -0.334 e. The van der Waals surface area contributed by atoms with Crippen LogP contribution in [0.5, 0.6) is 0 Å². The van der Waals surface area contributed by atoms with Crippen LogP contribution in [0.3, 0.4) is 0 Å². The molecule has 2 aromatic rings. The number of nitrogens with one attached hydrogen (secondary N) is 2. The smallest absolute Gasteiger partial charge is 0.319 e. The Morgan fingerprint density at radius 2 is 2.05 bits per heavy atom. The predicted octanol–water partition coefficient (Wildman–Crippen LogP) is 2.87. The van der Waals surface area contributed by atoms with E-state index in [0.29, 0.717) is 6.54 Å².